The van der Waals surface area contributed by atoms with Crippen LogP contribution in [0.2, 0.25) is 0 Å². The zero-order valence-corrected chi connectivity index (χ0v) is 29.8. The zero-order chi connectivity index (χ0) is 33.4. The largest absolute Gasteiger partial charge is 0.504 e. The molecule has 8 nitrogen and oxygen atoms in total. The van der Waals surface area contributed by atoms with Crippen molar-refractivity contribution in [1.29, 1.82) is 0 Å². The van der Waals surface area contributed by atoms with Gasteiger partial charge in [0.2, 0.25) is 0 Å². The molecule has 2 aromatic carbocycles. The first kappa shape index (κ1) is 30.2. The van der Waals surface area contributed by atoms with Crippen molar-refractivity contribution in [3.63, 3.8) is 0 Å². The van der Waals surface area contributed by atoms with Gasteiger partial charge in [0.05, 0.1) is 22.0 Å². The minimum absolute atomic E-state index is 0.0246. The summed E-state index contributed by atoms with van der Waals surface area (Å²) in [7, 11) is 3.38. The van der Waals surface area contributed by atoms with Gasteiger partial charge in [0.25, 0.3) is 0 Å². The van der Waals surface area contributed by atoms with E-state index in [-0.39, 0.29) is 35.8 Å². The van der Waals surface area contributed by atoms with E-state index < -0.39 is 22.0 Å². The lowest BCUT2D eigenvalue weighted by Crippen LogP contribution is -2.75. The van der Waals surface area contributed by atoms with Crippen LogP contribution in [0.25, 0.3) is 0 Å². The maximum atomic E-state index is 12.9. The predicted molar refractivity (Wildman–Crippen MR) is 192 cm³/mol. The van der Waals surface area contributed by atoms with E-state index in [1.54, 1.807) is 33.7 Å². The highest BCUT2D eigenvalue weighted by Gasteiger charge is 2.74. The van der Waals surface area contributed by atoms with Crippen LogP contribution in [0.5, 0.6) is 23.0 Å². The quantitative estimate of drug-likeness (QED) is 0.283. The van der Waals surface area contributed by atoms with E-state index in [4.69, 9.17) is 9.47 Å². The van der Waals surface area contributed by atoms with Gasteiger partial charge in [0.1, 0.15) is 12.2 Å². The third-order valence-corrected chi connectivity index (χ3v) is 17.6. The molecule has 2 saturated heterocycles. The van der Waals surface area contributed by atoms with E-state index in [1.807, 2.05) is 0 Å². The van der Waals surface area contributed by atoms with Crippen LogP contribution >= 0.6 is 21.6 Å². The number of hydrogen-bond donors (Lipinski definition) is 4. The van der Waals surface area contributed by atoms with Crippen LogP contribution < -0.4 is 9.47 Å². The predicted octanol–water partition coefficient (Wildman–Crippen LogP) is 5.30. The Balaban J connectivity index is 0.904. The topological polar surface area (TPSA) is 106 Å². The fourth-order valence-electron chi connectivity index (χ4n) is 12.4. The number of phenols is 2. The second-order valence-electron chi connectivity index (χ2n) is 17.3. The highest BCUT2D eigenvalue weighted by atomic mass is 33.1. The van der Waals surface area contributed by atoms with Crippen LogP contribution in [0.15, 0.2) is 46.2 Å². The van der Waals surface area contributed by atoms with E-state index in [0.29, 0.717) is 24.3 Å². The van der Waals surface area contributed by atoms with E-state index in [0.717, 1.165) is 84.6 Å². The summed E-state index contributed by atoms with van der Waals surface area (Å²) in [6.45, 7) is 3.96. The Morgan fingerprint density at radius 2 is 1.10 bits per heavy atom. The van der Waals surface area contributed by atoms with Crippen LogP contribution in [-0.2, 0) is 23.7 Å². The lowest BCUT2D eigenvalue weighted by Gasteiger charge is -2.63. The van der Waals surface area contributed by atoms with Crippen molar-refractivity contribution >= 4 is 21.6 Å². The third kappa shape index (κ3) is 3.53. The van der Waals surface area contributed by atoms with Crippen LogP contribution in [0.1, 0.15) is 73.6 Å². The average Bonchev–Trinajstić information content (AvgIpc) is 4.03. The fraction of sp³-hybridized carbons (Fsp3) is 0.600. The molecule has 2 saturated carbocycles. The Morgan fingerprint density at radius 3 is 1.52 bits per heavy atom. The van der Waals surface area contributed by atoms with Gasteiger partial charge in [-0.2, -0.15) is 0 Å². The maximum Gasteiger partial charge on any atom is 0.166 e. The van der Waals surface area contributed by atoms with Gasteiger partial charge in [-0.25, -0.2) is 0 Å². The molecular weight excluding hydrogens is 669 g/mol. The lowest BCUT2D eigenvalue weighted by molar-refractivity contribution is -0.162. The van der Waals surface area contributed by atoms with Crippen LogP contribution in [0.3, 0.4) is 0 Å². The number of aromatic hydroxyl groups is 2. The summed E-state index contributed by atoms with van der Waals surface area (Å²) in [6, 6.07) is 7.73. The monoisotopic (exact) mass is 712 g/mol. The average molecular weight is 713 g/mol. The zero-order valence-electron chi connectivity index (χ0n) is 28.1. The highest BCUT2D eigenvalue weighted by Crippen LogP contribution is 2.70. The number of nitrogens with zero attached hydrogens (tertiary/aromatic N) is 2. The molecule has 8 atom stereocenters. The third-order valence-electron chi connectivity index (χ3n) is 15.0. The summed E-state index contributed by atoms with van der Waals surface area (Å²) in [5.41, 5.74) is 1.32. The Kier molecular flexibility index (Phi) is 5.91. The number of rotatable bonds is 7. The van der Waals surface area contributed by atoms with Crippen molar-refractivity contribution in [3.8, 4) is 23.0 Å². The second-order valence-corrected chi connectivity index (χ2v) is 19.6. The molecule has 10 heteroatoms. The molecule has 10 aliphatic rings. The Labute approximate surface area is 300 Å². The molecule has 0 aromatic heterocycles. The van der Waals surface area contributed by atoms with Gasteiger partial charge in [-0.15, -0.1) is 0 Å². The molecule has 12 rings (SSSR count). The summed E-state index contributed by atoms with van der Waals surface area (Å²) in [4.78, 5) is 7.29. The molecule has 2 aromatic rings. The van der Waals surface area contributed by atoms with Gasteiger partial charge < -0.3 is 29.9 Å². The molecule has 4 fully saturated rings. The van der Waals surface area contributed by atoms with Crippen LogP contribution in [-0.4, -0.2) is 91.9 Å². The molecule has 2 spiro atoms. The molecule has 0 unspecified atom stereocenters. The van der Waals surface area contributed by atoms with Gasteiger partial charge in [0.15, 0.2) is 23.0 Å². The number of benzene rings is 2. The smallest absolute Gasteiger partial charge is 0.166 e. The maximum absolute atomic E-state index is 12.9. The van der Waals surface area contributed by atoms with Crippen LogP contribution in [0.4, 0.5) is 0 Å². The summed E-state index contributed by atoms with van der Waals surface area (Å²) in [6.07, 6.45) is 13.1. The van der Waals surface area contributed by atoms with Crippen molar-refractivity contribution < 1.29 is 29.9 Å². The summed E-state index contributed by atoms with van der Waals surface area (Å²) >= 11 is 0. The van der Waals surface area contributed by atoms with Crippen LogP contribution in [0, 0.1) is 11.8 Å². The number of ether oxygens (including phenoxy) is 2. The van der Waals surface area contributed by atoms with Gasteiger partial charge in [0, 0.05) is 46.1 Å². The van der Waals surface area contributed by atoms with Gasteiger partial charge in [-0.3, -0.25) is 9.80 Å². The van der Waals surface area contributed by atoms with E-state index in [9.17, 15) is 20.4 Å². The number of phenolic OH excluding ortho intramolecular Hbond substituents is 2. The first-order valence-electron chi connectivity index (χ1n) is 19.0. The van der Waals surface area contributed by atoms with Gasteiger partial charge in [-0.1, -0.05) is 45.9 Å². The lowest BCUT2D eigenvalue weighted by atomic mass is 9.50. The van der Waals surface area contributed by atoms with Crippen molar-refractivity contribution in [1.82, 2.24) is 9.80 Å². The molecule has 4 bridgehead atoms. The number of likely N-dealkylation sites (tertiary alicyclic amines) is 2. The molecule has 50 heavy (non-hydrogen) atoms. The molecule has 0 radical (unpaired) electrons. The van der Waals surface area contributed by atoms with Crippen molar-refractivity contribution in [3.05, 3.63) is 68.5 Å². The first-order valence-corrected chi connectivity index (χ1v) is 21.1. The minimum atomic E-state index is -0.971. The minimum Gasteiger partial charge on any atom is -0.504 e. The molecule has 4 aliphatic heterocycles. The van der Waals surface area contributed by atoms with E-state index >= 15 is 0 Å². The summed E-state index contributed by atoms with van der Waals surface area (Å²) in [5.74, 6) is 2.92. The van der Waals surface area contributed by atoms with Gasteiger partial charge in [-0.05, 0) is 112 Å². The number of piperidine rings is 2. The molecule has 4 heterocycles. The van der Waals surface area contributed by atoms with E-state index in [2.05, 4.69) is 34.1 Å². The molecule has 4 N–H and O–H groups in total. The van der Waals surface area contributed by atoms with E-state index in [1.165, 1.54) is 36.8 Å². The Bertz CT molecular complexity index is 1810. The molecule has 0 amide bonds. The normalized spacial score (nSPS) is 41.5. The Hall–Kier alpha value is -2.34. The van der Waals surface area contributed by atoms with Crippen molar-refractivity contribution in [2.45, 2.75) is 111 Å². The second kappa shape index (κ2) is 9.79. The molecule has 262 valence electrons. The Morgan fingerprint density at radius 1 is 0.660 bits per heavy atom. The summed E-state index contributed by atoms with van der Waals surface area (Å²) in [5, 5.41) is 48.0. The standard InChI is InChI=1S/C40H44N2O6S2/c43-25-7-5-23-17-29-39(45)11-9-27(35-37(39,31(23)33(25)47-35)13-15-41(29)19-21-1-2-21)49-50-28-10-12-40(46)30-18-24-6-8-26(44)34-32(24)38(40,36(28)48-34)14-16-42(30)20-22-3-4-22/h5-10,21-22,29-30,35-36,43-46H,1-4,11-20H2/t29-,30-,35+,36+,37+,38+,39-,40-/m1/s1. The van der Waals surface area contributed by atoms with Crippen molar-refractivity contribution in [2.24, 2.45) is 11.8 Å². The highest BCUT2D eigenvalue weighted by molar-refractivity contribution is 8.79. The molecule has 6 aliphatic carbocycles. The SMILES string of the molecule is Oc1ccc2c3c1O[C@H]1C(SSC4=CC[C@@]5(O)[C@H]6Cc7ccc(O)c8c7[C@@]5(CCN6CC5CC5)[C@H]4O8)=CC[C@@]4(O)[C@@H](C2)N(CC2CC2)CC[C@]314. The van der Waals surface area contributed by atoms with Gasteiger partial charge >= 0.3 is 0 Å². The number of aliphatic hydroxyl groups is 2. The summed E-state index contributed by atoms with van der Waals surface area (Å²) < 4.78 is 13.6. The number of hydrogen-bond acceptors (Lipinski definition) is 10. The first-order chi connectivity index (χ1) is 24.2. The van der Waals surface area contributed by atoms with Crippen molar-refractivity contribution in [2.75, 3.05) is 26.2 Å². The fourth-order valence-corrected chi connectivity index (χ4v) is 15.1. The molecular formula is C40H44N2O6S2.